The zero-order valence-electron chi connectivity index (χ0n) is 15.5. The highest BCUT2D eigenvalue weighted by Crippen LogP contribution is 2.26. The van der Waals surface area contributed by atoms with Crippen molar-refractivity contribution in [3.8, 4) is 5.75 Å². The van der Waals surface area contributed by atoms with Crippen LogP contribution in [0, 0.1) is 0 Å². The van der Waals surface area contributed by atoms with Crippen molar-refractivity contribution < 1.29 is 9.53 Å². The number of benzene rings is 1. The highest BCUT2D eigenvalue weighted by atomic mass is 35.5. The second-order valence-electron chi connectivity index (χ2n) is 6.73. The van der Waals surface area contributed by atoms with Gasteiger partial charge >= 0.3 is 0 Å². The summed E-state index contributed by atoms with van der Waals surface area (Å²) in [5.74, 6) is 0.613. The van der Waals surface area contributed by atoms with Crippen molar-refractivity contribution in [2.75, 3.05) is 25.4 Å². The van der Waals surface area contributed by atoms with Crippen LogP contribution in [0.25, 0.3) is 0 Å². The van der Waals surface area contributed by atoms with Crippen molar-refractivity contribution >= 4 is 23.2 Å². The van der Waals surface area contributed by atoms with Crippen LogP contribution in [0.2, 0.25) is 5.02 Å². The van der Waals surface area contributed by atoms with Crippen molar-refractivity contribution in [1.29, 1.82) is 0 Å². The van der Waals surface area contributed by atoms with Crippen LogP contribution in [-0.4, -0.2) is 41.5 Å². The largest absolute Gasteiger partial charge is 0.492 e. The molecule has 7 heteroatoms. The number of nitrogen functional groups attached to an aromatic ring is 1. The summed E-state index contributed by atoms with van der Waals surface area (Å²) in [4.78, 5) is 18.7. The van der Waals surface area contributed by atoms with Gasteiger partial charge in [0.05, 0.1) is 22.9 Å². The summed E-state index contributed by atoms with van der Waals surface area (Å²) in [6.07, 6.45) is 4.89. The summed E-state index contributed by atoms with van der Waals surface area (Å²) >= 11 is 6.15. The van der Waals surface area contributed by atoms with E-state index in [-0.39, 0.29) is 11.9 Å². The first-order valence-electron chi connectivity index (χ1n) is 9.20. The van der Waals surface area contributed by atoms with Gasteiger partial charge in [-0.15, -0.1) is 0 Å². The Hall–Kier alpha value is -2.31. The highest BCUT2D eigenvalue weighted by Gasteiger charge is 2.21. The number of anilines is 1. The van der Waals surface area contributed by atoms with E-state index in [9.17, 15) is 4.79 Å². The van der Waals surface area contributed by atoms with Crippen LogP contribution in [0.15, 0.2) is 36.7 Å². The van der Waals surface area contributed by atoms with Crippen LogP contribution < -0.4 is 15.8 Å². The Morgan fingerprint density at radius 2 is 2.11 bits per heavy atom. The Bertz CT molecular complexity index is 791. The van der Waals surface area contributed by atoms with Crippen molar-refractivity contribution in [3.63, 3.8) is 0 Å². The number of aromatic nitrogens is 1. The van der Waals surface area contributed by atoms with Crippen LogP contribution in [0.1, 0.15) is 35.7 Å². The lowest BCUT2D eigenvalue weighted by Gasteiger charge is -2.32. The zero-order chi connectivity index (χ0) is 19.2. The molecular weight excluding hydrogens is 364 g/mol. The minimum Gasteiger partial charge on any atom is -0.492 e. The van der Waals surface area contributed by atoms with Gasteiger partial charge in [-0.05, 0) is 43.5 Å². The minimum atomic E-state index is -0.118. The molecule has 0 saturated carbocycles. The van der Waals surface area contributed by atoms with Crippen LogP contribution in [-0.2, 0) is 6.54 Å². The van der Waals surface area contributed by atoms with E-state index in [4.69, 9.17) is 22.1 Å². The molecule has 0 unspecified atom stereocenters. The summed E-state index contributed by atoms with van der Waals surface area (Å²) in [5, 5.41) is 3.72. The van der Waals surface area contributed by atoms with E-state index in [1.807, 2.05) is 25.1 Å². The van der Waals surface area contributed by atoms with Crippen molar-refractivity contribution in [1.82, 2.24) is 15.2 Å². The predicted octanol–water partition coefficient (Wildman–Crippen LogP) is 3.11. The fourth-order valence-corrected chi connectivity index (χ4v) is 3.43. The number of halogens is 1. The molecule has 1 aromatic carbocycles. The first kappa shape index (κ1) is 19.5. The molecule has 1 aliphatic rings. The second-order valence-corrected chi connectivity index (χ2v) is 7.14. The molecule has 0 aliphatic carbocycles. The standard InChI is InChI=1S/C20H25ClN4O2/c1-2-27-19-9-14(3-4-18(19)21)13-25-7-5-17(6-8-25)24-20(26)15-10-16(22)12-23-11-15/h3-4,9-12,17H,2,5-8,13,22H2,1H3,(H,24,26). The first-order chi connectivity index (χ1) is 13.0. The normalized spacial score (nSPS) is 15.5. The Labute approximate surface area is 164 Å². The van der Waals surface area contributed by atoms with Crippen molar-refractivity contribution in [2.24, 2.45) is 0 Å². The zero-order valence-corrected chi connectivity index (χ0v) is 16.2. The molecule has 3 rings (SSSR count). The summed E-state index contributed by atoms with van der Waals surface area (Å²) < 4.78 is 5.57. The fourth-order valence-electron chi connectivity index (χ4n) is 3.26. The molecule has 1 amide bonds. The van der Waals surface area contributed by atoms with Gasteiger partial charge < -0.3 is 15.8 Å². The van der Waals surface area contributed by atoms with Crippen molar-refractivity contribution in [2.45, 2.75) is 32.4 Å². The molecular formula is C20H25ClN4O2. The fraction of sp³-hybridized carbons (Fsp3) is 0.400. The molecule has 1 aliphatic heterocycles. The highest BCUT2D eigenvalue weighted by molar-refractivity contribution is 6.32. The lowest BCUT2D eigenvalue weighted by Crippen LogP contribution is -2.44. The Morgan fingerprint density at radius 1 is 1.33 bits per heavy atom. The molecule has 1 aromatic heterocycles. The number of nitrogens with two attached hydrogens (primary N) is 1. The Balaban J connectivity index is 1.50. The summed E-state index contributed by atoms with van der Waals surface area (Å²) in [7, 11) is 0. The lowest BCUT2D eigenvalue weighted by molar-refractivity contribution is 0.0908. The molecule has 27 heavy (non-hydrogen) atoms. The predicted molar refractivity (Wildman–Crippen MR) is 107 cm³/mol. The van der Waals surface area contributed by atoms with Crippen LogP contribution in [0.5, 0.6) is 5.75 Å². The Kier molecular flexibility index (Phi) is 6.53. The van der Waals surface area contributed by atoms with E-state index in [1.165, 1.54) is 18.0 Å². The molecule has 1 fully saturated rings. The van der Waals surface area contributed by atoms with Crippen LogP contribution in [0.3, 0.4) is 0 Å². The van der Waals surface area contributed by atoms with Gasteiger partial charge in [0, 0.05) is 38.1 Å². The molecule has 2 heterocycles. The summed E-state index contributed by atoms with van der Waals surface area (Å²) in [6.45, 7) is 5.23. The van der Waals surface area contributed by atoms with E-state index in [0.29, 0.717) is 22.9 Å². The molecule has 0 radical (unpaired) electrons. The van der Waals surface area contributed by atoms with Crippen LogP contribution in [0.4, 0.5) is 5.69 Å². The SMILES string of the molecule is CCOc1cc(CN2CCC(NC(=O)c3cncc(N)c3)CC2)ccc1Cl. The minimum absolute atomic E-state index is 0.118. The second kappa shape index (κ2) is 9.06. The maximum Gasteiger partial charge on any atom is 0.253 e. The molecule has 0 spiro atoms. The number of hydrogen-bond acceptors (Lipinski definition) is 5. The molecule has 6 nitrogen and oxygen atoms in total. The number of nitrogens with one attached hydrogen (secondary N) is 1. The van der Waals surface area contributed by atoms with Gasteiger partial charge in [-0.2, -0.15) is 0 Å². The topological polar surface area (TPSA) is 80.5 Å². The van der Waals surface area contributed by atoms with E-state index < -0.39 is 0 Å². The van der Waals surface area contributed by atoms with Gasteiger partial charge in [-0.1, -0.05) is 17.7 Å². The third-order valence-electron chi connectivity index (χ3n) is 4.65. The first-order valence-corrected chi connectivity index (χ1v) is 9.58. The maximum atomic E-state index is 12.3. The molecule has 144 valence electrons. The molecule has 3 N–H and O–H groups in total. The van der Waals surface area contributed by atoms with E-state index in [2.05, 4.69) is 15.2 Å². The molecule has 2 aromatic rings. The van der Waals surface area contributed by atoms with E-state index in [0.717, 1.165) is 38.2 Å². The number of amides is 1. The quantitative estimate of drug-likeness (QED) is 0.794. The van der Waals surface area contributed by atoms with Gasteiger partial charge in [0.2, 0.25) is 0 Å². The number of rotatable bonds is 6. The number of nitrogens with zero attached hydrogens (tertiary/aromatic N) is 2. The van der Waals surface area contributed by atoms with E-state index >= 15 is 0 Å². The molecule has 0 bridgehead atoms. The summed E-state index contributed by atoms with van der Waals surface area (Å²) in [5.41, 5.74) is 7.86. The van der Waals surface area contributed by atoms with Gasteiger partial charge in [-0.3, -0.25) is 14.7 Å². The third-order valence-corrected chi connectivity index (χ3v) is 4.96. The van der Waals surface area contributed by atoms with Gasteiger partial charge in [0.25, 0.3) is 5.91 Å². The number of pyridine rings is 1. The average Bonchev–Trinajstić information content (AvgIpc) is 2.66. The maximum absolute atomic E-state index is 12.3. The van der Waals surface area contributed by atoms with Gasteiger partial charge in [-0.25, -0.2) is 0 Å². The molecule has 1 saturated heterocycles. The number of hydrogen-bond donors (Lipinski definition) is 2. The van der Waals surface area contributed by atoms with E-state index in [1.54, 1.807) is 6.07 Å². The average molecular weight is 389 g/mol. The lowest BCUT2D eigenvalue weighted by atomic mass is 10.0. The molecule has 0 atom stereocenters. The monoisotopic (exact) mass is 388 g/mol. The number of likely N-dealkylation sites (tertiary alicyclic amines) is 1. The Morgan fingerprint density at radius 3 is 2.81 bits per heavy atom. The van der Waals surface area contributed by atoms with Crippen molar-refractivity contribution in [3.05, 3.63) is 52.8 Å². The smallest absolute Gasteiger partial charge is 0.253 e. The number of piperidine rings is 1. The van der Waals surface area contributed by atoms with Gasteiger partial charge in [0.1, 0.15) is 5.75 Å². The number of carbonyl (C=O) groups is 1. The number of carbonyl (C=O) groups excluding carboxylic acids is 1. The summed E-state index contributed by atoms with van der Waals surface area (Å²) in [6, 6.07) is 7.74. The third kappa shape index (κ3) is 5.34. The number of ether oxygens (including phenoxy) is 1. The van der Waals surface area contributed by atoms with Crippen LogP contribution >= 0.6 is 11.6 Å². The van der Waals surface area contributed by atoms with Gasteiger partial charge in [0.15, 0.2) is 0 Å².